The first-order valence-electron chi connectivity index (χ1n) is 8.58. The minimum Gasteiger partial charge on any atom is -1.00 e. The molecule has 124 valence electrons. The Morgan fingerprint density at radius 2 is 1.05 bits per heavy atom. The predicted molar refractivity (Wildman–Crippen MR) is 92.1 cm³/mol. The van der Waals surface area contributed by atoms with Crippen molar-refractivity contribution < 1.29 is 21.5 Å². The molecule has 0 spiro atoms. The summed E-state index contributed by atoms with van der Waals surface area (Å²) in [5.74, 6) is 0. The Morgan fingerprint density at radius 3 is 1.55 bits per heavy atom. The van der Waals surface area contributed by atoms with Gasteiger partial charge in [0.1, 0.15) is 0 Å². The summed E-state index contributed by atoms with van der Waals surface area (Å²) in [4.78, 5) is 0. The van der Waals surface area contributed by atoms with E-state index >= 15 is 0 Å². The van der Waals surface area contributed by atoms with Crippen LogP contribution in [-0.2, 0) is 0 Å². The van der Waals surface area contributed by atoms with Gasteiger partial charge in [0.15, 0.2) is 0 Å². The minimum atomic E-state index is 0. The highest BCUT2D eigenvalue weighted by molar-refractivity contribution is 9.09. The van der Waals surface area contributed by atoms with Crippen molar-refractivity contribution in [2.24, 2.45) is 0 Å². The summed E-state index contributed by atoms with van der Waals surface area (Å²) >= 11 is 3.56. The quantitative estimate of drug-likeness (QED) is 0.233. The molecule has 0 aromatic rings. The molecule has 0 aliphatic carbocycles. The third kappa shape index (κ3) is 13.9. The summed E-state index contributed by atoms with van der Waals surface area (Å²) in [6, 6.07) is 0. The van der Waals surface area contributed by atoms with Gasteiger partial charge in [-0.05, 0) is 38.5 Å². The molecule has 0 N–H and O–H groups in total. The van der Waals surface area contributed by atoms with Crippen molar-refractivity contribution in [1.29, 1.82) is 0 Å². The summed E-state index contributed by atoms with van der Waals surface area (Å²) in [6.45, 7) is 8.77. The van der Waals surface area contributed by atoms with Crippen LogP contribution in [0.1, 0.15) is 78.1 Å². The Bertz CT molecular complexity index is 176. The molecule has 0 aromatic heterocycles. The number of hydrogen-bond donors (Lipinski definition) is 0. The molecule has 0 rings (SSSR count). The summed E-state index contributed by atoms with van der Waals surface area (Å²) in [6.07, 6.45) is 13.9. The molecule has 0 saturated heterocycles. The lowest BCUT2D eigenvalue weighted by molar-refractivity contribution is -0.910. The predicted octanol–water partition coefficient (Wildman–Crippen LogP) is 2.77. The van der Waals surface area contributed by atoms with Crippen LogP contribution in [0.2, 0.25) is 0 Å². The van der Waals surface area contributed by atoms with E-state index in [9.17, 15) is 0 Å². The average molecular weight is 415 g/mol. The fraction of sp³-hybridized carbons (Fsp3) is 1.00. The molecular weight excluding hydrogens is 378 g/mol. The highest BCUT2D eigenvalue weighted by atomic mass is 79.9. The van der Waals surface area contributed by atoms with Gasteiger partial charge in [-0.3, -0.25) is 0 Å². The summed E-state index contributed by atoms with van der Waals surface area (Å²) in [7, 11) is 2.49. The van der Waals surface area contributed by atoms with Crippen LogP contribution in [0.25, 0.3) is 0 Å². The number of rotatable bonds is 14. The van der Waals surface area contributed by atoms with Crippen molar-refractivity contribution >= 4 is 15.9 Å². The smallest absolute Gasteiger partial charge is 0.0784 e. The van der Waals surface area contributed by atoms with Gasteiger partial charge in [0.2, 0.25) is 0 Å². The van der Waals surface area contributed by atoms with E-state index in [4.69, 9.17) is 0 Å². The average Bonchev–Trinajstić information content (AvgIpc) is 2.39. The Morgan fingerprint density at radius 1 is 0.650 bits per heavy atom. The second-order valence-electron chi connectivity index (χ2n) is 6.31. The Hall–Kier alpha value is 0.920. The van der Waals surface area contributed by atoms with Crippen LogP contribution in [0.3, 0.4) is 0 Å². The minimum absolute atomic E-state index is 0. The van der Waals surface area contributed by atoms with Gasteiger partial charge in [0.25, 0.3) is 0 Å². The zero-order valence-electron chi connectivity index (χ0n) is 14.1. The molecule has 1 nitrogen and oxygen atoms in total. The molecule has 0 amide bonds. The standard InChI is InChI=1S/C17H37BrN.BrH/c1-4-6-8-9-12-16-19(3,15-11-7-5-2)17-13-10-14-18;/h4-17H2,1-3H3;1H/q+1;/p-1. The van der Waals surface area contributed by atoms with E-state index in [-0.39, 0.29) is 17.0 Å². The highest BCUT2D eigenvalue weighted by Gasteiger charge is 2.19. The van der Waals surface area contributed by atoms with Crippen LogP contribution in [-0.4, -0.2) is 36.5 Å². The van der Waals surface area contributed by atoms with Crippen molar-refractivity contribution in [2.75, 3.05) is 32.0 Å². The Balaban J connectivity index is 0. The van der Waals surface area contributed by atoms with Gasteiger partial charge in [0, 0.05) is 5.33 Å². The Labute approximate surface area is 147 Å². The molecule has 0 heterocycles. The van der Waals surface area contributed by atoms with Crippen LogP contribution < -0.4 is 17.0 Å². The van der Waals surface area contributed by atoms with Crippen molar-refractivity contribution in [1.82, 2.24) is 0 Å². The molecule has 0 aliphatic rings. The van der Waals surface area contributed by atoms with E-state index in [0.29, 0.717) is 0 Å². The molecule has 1 atom stereocenters. The molecule has 0 fully saturated rings. The zero-order chi connectivity index (χ0) is 14.4. The maximum Gasteiger partial charge on any atom is 0.0784 e. The topological polar surface area (TPSA) is 0 Å². The van der Waals surface area contributed by atoms with Gasteiger partial charge in [-0.15, -0.1) is 0 Å². The van der Waals surface area contributed by atoms with Crippen LogP contribution in [0.15, 0.2) is 0 Å². The van der Waals surface area contributed by atoms with Gasteiger partial charge in [-0.2, -0.15) is 0 Å². The zero-order valence-corrected chi connectivity index (χ0v) is 17.3. The largest absolute Gasteiger partial charge is 1.00 e. The molecule has 1 unspecified atom stereocenters. The lowest BCUT2D eigenvalue weighted by Crippen LogP contribution is -3.00. The summed E-state index contributed by atoms with van der Waals surface area (Å²) in [5.41, 5.74) is 0. The first-order chi connectivity index (χ1) is 9.18. The first kappa shape index (κ1) is 23.2. The van der Waals surface area contributed by atoms with Crippen molar-refractivity contribution in [2.45, 2.75) is 78.1 Å². The first-order valence-corrected chi connectivity index (χ1v) is 9.70. The van der Waals surface area contributed by atoms with E-state index in [1.165, 1.54) is 93.7 Å². The second-order valence-corrected chi connectivity index (χ2v) is 7.10. The number of quaternary nitrogens is 1. The maximum absolute atomic E-state index is 3.56. The van der Waals surface area contributed by atoms with E-state index in [0.717, 1.165) is 0 Å². The molecule has 0 aliphatic heterocycles. The van der Waals surface area contributed by atoms with Crippen LogP contribution >= 0.6 is 15.9 Å². The molecule has 20 heavy (non-hydrogen) atoms. The van der Waals surface area contributed by atoms with Gasteiger partial charge in [0.05, 0.1) is 26.7 Å². The third-order valence-corrected chi connectivity index (χ3v) is 4.75. The normalized spacial score (nSPS) is 13.8. The van der Waals surface area contributed by atoms with Crippen LogP contribution in [0, 0.1) is 0 Å². The molecular formula is C17H37Br2N. The number of halogens is 2. The fourth-order valence-electron chi connectivity index (χ4n) is 2.76. The SMILES string of the molecule is CCCCCCC[N+](C)(CCCCC)CCCCBr.[Br-]. The van der Waals surface area contributed by atoms with E-state index in [1.807, 2.05) is 0 Å². The molecule has 0 aromatic carbocycles. The van der Waals surface area contributed by atoms with Crippen LogP contribution in [0.4, 0.5) is 0 Å². The molecule has 0 radical (unpaired) electrons. The maximum atomic E-state index is 3.56. The number of hydrogen-bond acceptors (Lipinski definition) is 0. The van der Waals surface area contributed by atoms with Gasteiger partial charge < -0.3 is 21.5 Å². The Kier molecular flexibility index (Phi) is 18.9. The van der Waals surface area contributed by atoms with E-state index in [1.54, 1.807) is 0 Å². The fourth-order valence-corrected chi connectivity index (χ4v) is 3.16. The second kappa shape index (κ2) is 16.3. The highest BCUT2D eigenvalue weighted by Crippen LogP contribution is 2.13. The van der Waals surface area contributed by atoms with E-state index < -0.39 is 0 Å². The summed E-state index contributed by atoms with van der Waals surface area (Å²) < 4.78 is 1.32. The number of alkyl halides is 1. The van der Waals surface area contributed by atoms with Crippen LogP contribution in [0.5, 0.6) is 0 Å². The molecule has 3 heteroatoms. The van der Waals surface area contributed by atoms with Crippen molar-refractivity contribution in [3.63, 3.8) is 0 Å². The van der Waals surface area contributed by atoms with E-state index in [2.05, 4.69) is 36.8 Å². The molecule has 0 saturated carbocycles. The summed E-state index contributed by atoms with van der Waals surface area (Å²) in [5, 5.41) is 1.17. The van der Waals surface area contributed by atoms with Gasteiger partial charge in [-0.1, -0.05) is 55.5 Å². The van der Waals surface area contributed by atoms with Crippen molar-refractivity contribution in [3.05, 3.63) is 0 Å². The monoisotopic (exact) mass is 413 g/mol. The third-order valence-electron chi connectivity index (χ3n) is 4.18. The van der Waals surface area contributed by atoms with Gasteiger partial charge >= 0.3 is 0 Å². The lowest BCUT2D eigenvalue weighted by Gasteiger charge is -2.35. The molecule has 0 bridgehead atoms. The van der Waals surface area contributed by atoms with Crippen molar-refractivity contribution in [3.8, 4) is 0 Å². The van der Waals surface area contributed by atoms with Gasteiger partial charge in [-0.25, -0.2) is 0 Å². The number of unbranched alkanes of at least 4 members (excludes halogenated alkanes) is 7. The number of nitrogens with zero attached hydrogens (tertiary/aromatic N) is 1. The lowest BCUT2D eigenvalue weighted by atomic mass is 10.1.